The van der Waals surface area contributed by atoms with Crippen molar-refractivity contribution in [1.82, 2.24) is 0 Å². The van der Waals surface area contributed by atoms with Crippen LogP contribution in [0.5, 0.6) is 0 Å². The van der Waals surface area contributed by atoms with E-state index < -0.39 is 0 Å². The third-order valence-electron chi connectivity index (χ3n) is 2.82. The Kier molecular flexibility index (Phi) is 3.84. The standard InChI is InChI=1S/C9H18FN/c10-6-9(7-11)8-4-2-1-3-5-8/h8-9H,1-7,11H2. The van der Waals surface area contributed by atoms with Gasteiger partial charge in [0.2, 0.25) is 0 Å². The van der Waals surface area contributed by atoms with Crippen LogP contribution in [0, 0.1) is 11.8 Å². The Balaban J connectivity index is 2.30. The molecule has 1 atom stereocenters. The Bertz CT molecular complexity index is 95.7. The maximum atomic E-state index is 12.4. The van der Waals surface area contributed by atoms with Crippen molar-refractivity contribution < 1.29 is 4.39 Å². The topological polar surface area (TPSA) is 26.0 Å². The highest BCUT2D eigenvalue weighted by atomic mass is 19.1. The lowest BCUT2D eigenvalue weighted by molar-refractivity contribution is 0.211. The first-order valence-electron chi connectivity index (χ1n) is 4.64. The van der Waals surface area contributed by atoms with Crippen LogP contribution < -0.4 is 5.73 Å². The molecule has 1 rings (SSSR count). The SMILES string of the molecule is NCC(CF)C1CCCCC1. The lowest BCUT2D eigenvalue weighted by Crippen LogP contribution is -2.26. The van der Waals surface area contributed by atoms with Gasteiger partial charge in [0.15, 0.2) is 0 Å². The average molecular weight is 159 g/mol. The van der Waals surface area contributed by atoms with E-state index in [9.17, 15) is 4.39 Å². The Hall–Kier alpha value is -0.110. The molecule has 1 nitrogen and oxygen atoms in total. The van der Waals surface area contributed by atoms with Crippen LogP contribution in [-0.2, 0) is 0 Å². The van der Waals surface area contributed by atoms with E-state index in [0.717, 1.165) is 0 Å². The van der Waals surface area contributed by atoms with Crippen LogP contribution in [0.2, 0.25) is 0 Å². The molecule has 0 radical (unpaired) electrons. The van der Waals surface area contributed by atoms with Crippen molar-refractivity contribution >= 4 is 0 Å². The van der Waals surface area contributed by atoms with Gasteiger partial charge in [-0.3, -0.25) is 4.39 Å². The minimum Gasteiger partial charge on any atom is -0.330 e. The van der Waals surface area contributed by atoms with E-state index in [1.807, 2.05) is 0 Å². The van der Waals surface area contributed by atoms with Crippen molar-refractivity contribution in [2.24, 2.45) is 17.6 Å². The fraction of sp³-hybridized carbons (Fsp3) is 1.00. The second-order valence-electron chi connectivity index (χ2n) is 3.55. The van der Waals surface area contributed by atoms with Crippen LogP contribution >= 0.6 is 0 Å². The van der Waals surface area contributed by atoms with E-state index in [1.54, 1.807) is 0 Å². The van der Waals surface area contributed by atoms with Crippen molar-refractivity contribution in [3.8, 4) is 0 Å². The number of hydrogen-bond acceptors (Lipinski definition) is 1. The van der Waals surface area contributed by atoms with Crippen LogP contribution in [0.15, 0.2) is 0 Å². The summed E-state index contributed by atoms with van der Waals surface area (Å²) in [5.41, 5.74) is 5.47. The lowest BCUT2D eigenvalue weighted by Gasteiger charge is -2.27. The van der Waals surface area contributed by atoms with Gasteiger partial charge in [0.1, 0.15) is 0 Å². The monoisotopic (exact) mass is 159 g/mol. The maximum Gasteiger partial charge on any atom is 0.0937 e. The van der Waals surface area contributed by atoms with E-state index in [1.165, 1.54) is 32.1 Å². The molecular weight excluding hydrogens is 141 g/mol. The summed E-state index contributed by atoms with van der Waals surface area (Å²) in [6.45, 7) is 0.308. The van der Waals surface area contributed by atoms with Crippen LogP contribution in [0.4, 0.5) is 4.39 Å². The number of rotatable bonds is 3. The molecule has 1 unspecified atom stereocenters. The molecule has 1 aliphatic rings. The van der Waals surface area contributed by atoms with Crippen molar-refractivity contribution in [1.29, 1.82) is 0 Å². The van der Waals surface area contributed by atoms with Crippen molar-refractivity contribution in [2.75, 3.05) is 13.2 Å². The summed E-state index contributed by atoms with van der Waals surface area (Å²) in [4.78, 5) is 0. The third kappa shape index (κ3) is 2.44. The first kappa shape index (κ1) is 8.98. The summed E-state index contributed by atoms with van der Waals surface area (Å²) in [6.07, 6.45) is 6.29. The lowest BCUT2D eigenvalue weighted by atomic mass is 9.80. The van der Waals surface area contributed by atoms with Gasteiger partial charge >= 0.3 is 0 Å². The molecule has 11 heavy (non-hydrogen) atoms. The summed E-state index contributed by atoms with van der Waals surface area (Å²) in [7, 11) is 0. The average Bonchev–Trinajstić information content (AvgIpc) is 2.09. The second-order valence-corrected chi connectivity index (χ2v) is 3.55. The van der Waals surface area contributed by atoms with Crippen molar-refractivity contribution in [3.63, 3.8) is 0 Å². The van der Waals surface area contributed by atoms with Gasteiger partial charge in [0.05, 0.1) is 6.67 Å². The molecule has 0 aliphatic heterocycles. The Morgan fingerprint density at radius 3 is 2.36 bits per heavy atom. The van der Waals surface area contributed by atoms with Crippen LogP contribution in [0.25, 0.3) is 0 Å². The first-order chi connectivity index (χ1) is 5.38. The fourth-order valence-corrected chi connectivity index (χ4v) is 1.99. The molecule has 0 aromatic carbocycles. The molecular formula is C9H18FN. The Labute approximate surface area is 68.2 Å². The molecule has 0 spiro atoms. The van der Waals surface area contributed by atoms with Crippen LogP contribution in [0.3, 0.4) is 0 Å². The summed E-state index contributed by atoms with van der Waals surface area (Å²) in [5.74, 6) is 0.731. The zero-order valence-electron chi connectivity index (χ0n) is 7.06. The molecule has 2 N–H and O–H groups in total. The van der Waals surface area contributed by atoms with Gasteiger partial charge in [-0.05, 0) is 12.5 Å². The minimum atomic E-state index is -0.221. The van der Waals surface area contributed by atoms with Gasteiger partial charge < -0.3 is 5.73 Å². The molecule has 1 saturated carbocycles. The molecule has 1 fully saturated rings. The van der Waals surface area contributed by atoms with Crippen LogP contribution in [-0.4, -0.2) is 13.2 Å². The van der Waals surface area contributed by atoms with Crippen molar-refractivity contribution in [3.05, 3.63) is 0 Å². The maximum absolute atomic E-state index is 12.4. The highest BCUT2D eigenvalue weighted by Gasteiger charge is 2.21. The number of nitrogens with two attached hydrogens (primary N) is 1. The summed E-state index contributed by atoms with van der Waals surface area (Å²) < 4.78 is 12.4. The minimum absolute atomic E-state index is 0.148. The van der Waals surface area contributed by atoms with Gasteiger partial charge in [-0.25, -0.2) is 0 Å². The number of hydrogen-bond donors (Lipinski definition) is 1. The highest BCUT2D eigenvalue weighted by Crippen LogP contribution is 2.29. The molecule has 0 aromatic rings. The molecule has 0 aromatic heterocycles. The summed E-state index contributed by atoms with van der Waals surface area (Å²) in [6, 6.07) is 0. The second kappa shape index (κ2) is 4.70. The molecule has 2 heteroatoms. The van der Waals surface area contributed by atoms with Crippen LogP contribution in [0.1, 0.15) is 32.1 Å². The van der Waals surface area contributed by atoms with E-state index in [-0.39, 0.29) is 12.6 Å². The number of alkyl halides is 1. The van der Waals surface area contributed by atoms with E-state index in [4.69, 9.17) is 5.73 Å². The zero-order valence-corrected chi connectivity index (χ0v) is 7.06. The highest BCUT2D eigenvalue weighted by molar-refractivity contribution is 4.73. The van der Waals surface area contributed by atoms with E-state index >= 15 is 0 Å². The Morgan fingerprint density at radius 1 is 1.27 bits per heavy atom. The smallest absolute Gasteiger partial charge is 0.0937 e. The van der Waals surface area contributed by atoms with E-state index in [0.29, 0.717) is 12.5 Å². The Morgan fingerprint density at radius 2 is 1.91 bits per heavy atom. The molecule has 66 valence electrons. The summed E-state index contributed by atoms with van der Waals surface area (Å²) >= 11 is 0. The predicted octanol–water partition coefficient (Wildman–Crippen LogP) is 2.11. The molecule has 1 aliphatic carbocycles. The molecule has 0 saturated heterocycles. The van der Waals surface area contributed by atoms with Gasteiger partial charge in [-0.1, -0.05) is 32.1 Å². The van der Waals surface area contributed by atoms with Gasteiger partial charge in [0, 0.05) is 5.92 Å². The zero-order chi connectivity index (χ0) is 8.10. The molecule has 0 amide bonds. The van der Waals surface area contributed by atoms with Gasteiger partial charge in [-0.2, -0.15) is 0 Å². The predicted molar refractivity (Wildman–Crippen MR) is 45.1 cm³/mol. The third-order valence-corrected chi connectivity index (χ3v) is 2.82. The fourth-order valence-electron chi connectivity index (χ4n) is 1.99. The van der Waals surface area contributed by atoms with Gasteiger partial charge in [-0.15, -0.1) is 0 Å². The normalized spacial score (nSPS) is 23.5. The molecule has 0 heterocycles. The largest absolute Gasteiger partial charge is 0.330 e. The quantitative estimate of drug-likeness (QED) is 0.670. The summed E-state index contributed by atoms with van der Waals surface area (Å²) in [5, 5.41) is 0. The molecule has 0 bridgehead atoms. The number of halogens is 1. The van der Waals surface area contributed by atoms with Gasteiger partial charge in [0.25, 0.3) is 0 Å². The van der Waals surface area contributed by atoms with E-state index in [2.05, 4.69) is 0 Å². The first-order valence-corrected chi connectivity index (χ1v) is 4.64. The van der Waals surface area contributed by atoms with Crippen molar-refractivity contribution in [2.45, 2.75) is 32.1 Å².